The molecule has 0 aromatic carbocycles. The number of carbonyl (C=O) groups is 2. The highest BCUT2D eigenvalue weighted by Gasteiger charge is 2.36. The van der Waals surface area contributed by atoms with Crippen molar-refractivity contribution in [3.8, 4) is 0 Å². The summed E-state index contributed by atoms with van der Waals surface area (Å²) < 4.78 is 41.5. The zero-order valence-electron chi connectivity index (χ0n) is 10.6. The van der Waals surface area contributed by atoms with E-state index in [0.29, 0.717) is 0 Å². The standard InChI is InChI=1S/C9H12F3N5O3/c1-16(2)5(18)3-17(4-9(10,11)12)8(19)6-7(13)15-20-14-6/h3-4H2,1-2H3,(H2,13,15). The van der Waals surface area contributed by atoms with E-state index < -0.39 is 42.6 Å². The Hall–Kier alpha value is -2.33. The summed E-state index contributed by atoms with van der Waals surface area (Å²) in [7, 11) is 2.70. The Morgan fingerprint density at radius 2 is 1.90 bits per heavy atom. The molecule has 20 heavy (non-hydrogen) atoms. The van der Waals surface area contributed by atoms with Crippen LogP contribution in [0.2, 0.25) is 0 Å². The molecule has 0 radical (unpaired) electrons. The minimum Gasteiger partial charge on any atom is -0.379 e. The van der Waals surface area contributed by atoms with Gasteiger partial charge in [0, 0.05) is 14.1 Å². The number of aromatic nitrogens is 2. The number of amides is 2. The second kappa shape index (κ2) is 5.75. The first-order valence-electron chi connectivity index (χ1n) is 5.26. The molecule has 0 aliphatic heterocycles. The molecular formula is C9H12F3N5O3. The van der Waals surface area contributed by atoms with Gasteiger partial charge in [-0.1, -0.05) is 0 Å². The molecule has 0 unspecified atom stereocenters. The number of halogens is 3. The summed E-state index contributed by atoms with van der Waals surface area (Å²) >= 11 is 0. The molecule has 8 nitrogen and oxygen atoms in total. The summed E-state index contributed by atoms with van der Waals surface area (Å²) in [5.74, 6) is -2.31. The highest BCUT2D eigenvalue weighted by Crippen LogP contribution is 2.19. The van der Waals surface area contributed by atoms with Crippen LogP contribution >= 0.6 is 0 Å². The van der Waals surface area contributed by atoms with Crippen LogP contribution in [0, 0.1) is 0 Å². The molecule has 0 bridgehead atoms. The predicted molar refractivity (Wildman–Crippen MR) is 59.4 cm³/mol. The highest BCUT2D eigenvalue weighted by molar-refractivity contribution is 5.98. The Labute approximate surface area is 111 Å². The molecule has 1 heterocycles. The molecule has 1 aromatic heterocycles. The quantitative estimate of drug-likeness (QED) is 0.820. The Morgan fingerprint density at radius 1 is 1.30 bits per heavy atom. The monoisotopic (exact) mass is 295 g/mol. The summed E-state index contributed by atoms with van der Waals surface area (Å²) in [6.07, 6.45) is -4.67. The van der Waals surface area contributed by atoms with Crippen LogP contribution in [-0.2, 0) is 4.79 Å². The number of hydrogen-bond acceptors (Lipinski definition) is 6. The van der Waals surface area contributed by atoms with E-state index in [2.05, 4.69) is 14.9 Å². The van der Waals surface area contributed by atoms with Gasteiger partial charge in [0.15, 0.2) is 0 Å². The number of nitrogen functional groups attached to an aromatic ring is 1. The van der Waals surface area contributed by atoms with Crippen molar-refractivity contribution in [2.45, 2.75) is 6.18 Å². The number of rotatable bonds is 4. The third-order valence-electron chi connectivity index (χ3n) is 2.20. The molecule has 1 rings (SSSR count). The van der Waals surface area contributed by atoms with Crippen molar-refractivity contribution >= 4 is 17.6 Å². The van der Waals surface area contributed by atoms with E-state index in [1.165, 1.54) is 14.1 Å². The average molecular weight is 295 g/mol. The van der Waals surface area contributed by atoms with Gasteiger partial charge >= 0.3 is 6.18 Å². The summed E-state index contributed by atoms with van der Waals surface area (Å²) in [5, 5.41) is 6.22. The number of alkyl halides is 3. The fourth-order valence-electron chi connectivity index (χ4n) is 1.21. The van der Waals surface area contributed by atoms with E-state index >= 15 is 0 Å². The molecule has 0 spiro atoms. The fraction of sp³-hybridized carbons (Fsp3) is 0.556. The van der Waals surface area contributed by atoms with Crippen LogP contribution in [0.25, 0.3) is 0 Å². The van der Waals surface area contributed by atoms with E-state index in [0.717, 1.165) is 4.90 Å². The molecular weight excluding hydrogens is 283 g/mol. The second-order valence-electron chi connectivity index (χ2n) is 4.06. The van der Waals surface area contributed by atoms with Crippen LogP contribution in [0.3, 0.4) is 0 Å². The summed E-state index contributed by atoms with van der Waals surface area (Å²) in [6.45, 7) is -2.38. The zero-order valence-corrected chi connectivity index (χ0v) is 10.6. The Kier molecular flexibility index (Phi) is 4.53. The van der Waals surface area contributed by atoms with E-state index in [4.69, 9.17) is 5.73 Å². The molecule has 11 heteroatoms. The average Bonchev–Trinajstić information content (AvgIpc) is 2.71. The van der Waals surface area contributed by atoms with Crippen LogP contribution in [0.1, 0.15) is 10.5 Å². The molecule has 1 aromatic rings. The largest absolute Gasteiger partial charge is 0.406 e. The van der Waals surface area contributed by atoms with Gasteiger partial charge in [-0.05, 0) is 10.3 Å². The van der Waals surface area contributed by atoms with Crippen molar-refractivity contribution < 1.29 is 27.4 Å². The van der Waals surface area contributed by atoms with Crippen molar-refractivity contribution in [2.24, 2.45) is 0 Å². The zero-order chi connectivity index (χ0) is 15.5. The number of hydrogen-bond donors (Lipinski definition) is 1. The van der Waals surface area contributed by atoms with Crippen molar-refractivity contribution in [2.75, 3.05) is 32.9 Å². The molecule has 0 aliphatic rings. The van der Waals surface area contributed by atoms with Crippen LogP contribution in [0.15, 0.2) is 4.63 Å². The summed E-state index contributed by atoms with van der Waals surface area (Å²) in [4.78, 5) is 24.7. The molecule has 112 valence electrons. The summed E-state index contributed by atoms with van der Waals surface area (Å²) in [5.41, 5.74) is 4.67. The van der Waals surface area contributed by atoms with Gasteiger partial charge in [0.2, 0.25) is 17.4 Å². The Morgan fingerprint density at radius 3 is 2.30 bits per heavy atom. The van der Waals surface area contributed by atoms with E-state index in [9.17, 15) is 22.8 Å². The highest BCUT2D eigenvalue weighted by atomic mass is 19.4. The molecule has 0 saturated heterocycles. The maximum absolute atomic E-state index is 12.5. The fourth-order valence-corrected chi connectivity index (χ4v) is 1.21. The van der Waals surface area contributed by atoms with Gasteiger partial charge in [-0.3, -0.25) is 9.59 Å². The van der Waals surface area contributed by atoms with Crippen LogP contribution in [0.4, 0.5) is 19.0 Å². The van der Waals surface area contributed by atoms with Gasteiger partial charge in [-0.15, -0.1) is 0 Å². The minimum atomic E-state index is -4.67. The smallest absolute Gasteiger partial charge is 0.379 e. The number of likely N-dealkylation sites (N-methyl/N-ethyl adjacent to an activating group) is 1. The molecule has 0 atom stereocenters. The van der Waals surface area contributed by atoms with Gasteiger partial charge in [0.05, 0.1) is 0 Å². The maximum atomic E-state index is 12.5. The van der Waals surface area contributed by atoms with Gasteiger partial charge in [0.25, 0.3) is 5.91 Å². The third-order valence-corrected chi connectivity index (χ3v) is 2.20. The lowest BCUT2D eigenvalue weighted by molar-refractivity contribution is -0.146. The lowest BCUT2D eigenvalue weighted by Crippen LogP contribution is -2.45. The first kappa shape index (κ1) is 15.7. The first-order chi connectivity index (χ1) is 9.11. The molecule has 0 aliphatic carbocycles. The topological polar surface area (TPSA) is 106 Å². The van der Waals surface area contributed by atoms with Crippen molar-refractivity contribution in [1.82, 2.24) is 20.1 Å². The lowest BCUT2D eigenvalue weighted by atomic mass is 10.3. The van der Waals surface area contributed by atoms with Crippen LogP contribution < -0.4 is 5.73 Å². The van der Waals surface area contributed by atoms with Crippen molar-refractivity contribution in [3.05, 3.63) is 5.69 Å². The predicted octanol–water partition coefficient (Wildman–Crippen LogP) is -0.256. The second-order valence-corrected chi connectivity index (χ2v) is 4.06. The summed E-state index contributed by atoms with van der Waals surface area (Å²) in [6, 6.07) is 0. The lowest BCUT2D eigenvalue weighted by Gasteiger charge is -2.23. The van der Waals surface area contributed by atoms with Gasteiger partial charge in [-0.2, -0.15) is 13.2 Å². The van der Waals surface area contributed by atoms with E-state index in [1.54, 1.807) is 0 Å². The number of nitrogens with two attached hydrogens (primary N) is 1. The van der Waals surface area contributed by atoms with Gasteiger partial charge in [-0.25, -0.2) is 4.63 Å². The minimum absolute atomic E-state index is 0.276. The normalized spacial score (nSPS) is 11.2. The maximum Gasteiger partial charge on any atom is 0.406 e. The molecule has 0 saturated carbocycles. The van der Waals surface area contributed by atoms with Crippen molar-refractivity contribution in [1.29, 1.82) is 0 Å². The van der Waals surface area contributed by atoms with E-state index in [1.807, 2.05) is 0 Å². The van der Waals surface area contributed by atoms with Crippen LogP contribution in [0.5, 0.6) is 0 Å². The number of carbonyl (C=O) groups excluding carboxylic acids is 2. The van der Waals surface area contributed by atoms with E-state index in [-0.39, 0.29) is 4.90 Å². The first-order valence-corrected chi connectivity index (χ1v) is 5.26. The SMILES string of the molecule is CN(C)C(=O)CN(CC(F)(F)F)C(=O)c1nonc1N. The Bertz CT molecular complexity index is 499. The van der Waals surface area contributed by atoms with Gasteiger partial charge in [0.1, 0.15) is 13.1 Å². The molecule has 2 amide bonds. The molecule has 0 fully saturated rings. The van der Waals surface area contributed by atoms with Crippen LogP contribution in [-0.4, -0.2) is 65.3 Å². The van der Waals surface area contributed by atoms with Gasteiger partial charge < -0.3 is 15.5 Å². The van der Waals surface area contributed by atoms with Crippen molar-refractivity contribution in [3.63, 3.8) is 0 Å². The third kappa shape index (κ3) is 4.10. The number of anilines is 1. The Balaban J connectivity index is 2.95. The number of nitrogens with zero attached hydrogens (tertiary/aromatic N) is 4. The molecule has 2 N–H and O–H groups in total.